The summed E-state index contributed by atoms with van der Waals surface area (Å²) in [5, 5.41) is 0. The zero-order valence-electron chi connectivity index (χ0n) is 35.8. The fourth-order valence-electron chi connectivity index (χ4n) is 7.37. The summed E-state index contributed by atoms with van der Waals surface area (Å²) in [6.45, 7) is 8.99. The van der Waals surface area contributed by atoms with E-state index < -0.39 is 0 Å². The molecular weight excluding hydrogens is 687 g/mol. The molecule has 0 N–H and O–H groups in total. The highest BCUT2D eigenvalue weighted by atomic mass is 79.9. The molecule has 0 unspecified atom stereocenters. The van der Waals surface area contributed by atoms with Crippen molar-refractivity contribution in [2.24, 2.45) is 0 Å². The predicted octanol–water partition coefficient (Wildman–Crippen LogP) is 16.8. The molecule has 0 bridgehead atoms. The van der Waals surface area contributed by atoms with Gasteiger partial charge in [0.05, 0.1) is 8.30 Å². The highest BCUT2D eigenvalue weighted by Crippen LogP contribution is 2.35. The van der Waals surface area contributed by atoms with Gasteiger partial charge in [-0.05, 0) is 80.1 Å². The van der Waals surface area contributed by atoms with Gasteiger partial charge in [-0.3, -0.25) is 0 Å². The van der Waals surface area contributed by atoms with Gasteiger partial charge in [0, 0.05) is 15.6 Å². The highest BCUT2D eigenvalue weighted by molar-refractivity contribution is 9.10. The lowest BCUT2D eigenvalue weighted by atomic mass is 9.88. The van der Waals surface area contributed by atoms with Gasteiger partial charge in [0.1, 0.15) is 5.82 Å². The Morgan fingerprint density at radius 3 is 1.27 bits per heavy atom. The van der Waals surface area contributed by atoms with Crippen molar-refractivity contribution in [1.29, 1.82) is 0 Å². The molecule has 0 atom stereocenters. The number of hydrogen-bond acceptors (Lipinski definition) is 0. The van der Waals surface area contributed by atoms with Gasteiger partial charge in [0.25, 0.3) is 0 Å². The van der Waals surface area contributed by atoms with Gasteiger partial charge in [-0.1, -0.05) is 215 Å². The number of aryl methyl sites for hydroxylation is 1. The van der Waals surface area contributed by atoms with Gasteiger partial charge in [-0.2, -0.15) is 0 Å². The summed E-state index contributed by atoms with van der Waals surface area (Å²) in [6.07, 6.45) is 36.6. The Balaban J connectivity index is 2.44. The minimum atomic E-state index is -0.171. The van der Waals surface area contributed by atoms with Crippen molar-refractivity contribution in [3.05, 3.63) is 67.9 Å². The molecule has 0 aromatic heterocycles. The minimum absolute atomic E-state index is 0.171. The van der Waals surface area contributed by atoms with E-state index in [2.05, 4.69) is 55.5 Å². The summed E-state index contributed by atoms with van der Waals surface area (Å²) < 4.78 is 35.5. The second-order valence-electron chi connectivity index (χ2n) is 15.3. The summed E-state index contributed by atoms with van der Waals surface area (Å²) in [5.74, 6) is 6.34. The SMILES string of the molecule is [2H]c1cc(CCCCC)cc([2H])c1C#Cc1c(F)c(CCCCCCCCCC)c(Br)c(CCCCCCCCCC)c1CCCCCCCCCC. The van der Waals surface area contributed by atoms with Crippen LogP contribution in [0.1, 0.15) is 237 Å². The summed E-state index contributed by atoms with van der Waals surface area (Å²) in [4.78, 5) is 0. The Morgan fingerprint density at radius 1 is 0.471 bits per heavy atom. The molecule has 2 aromatic rings. The van der Waals surface area contributed by atoms with E-state index in [0.717, 1.165) is 98.2 Å². The largest absolute Gasteiger partial charge is 0.205 e. The van der Waals surface area contributed by atoms with Gasteiger partial charge in [0.15, 0.2) is 0 Å². The van der Waals surface area contributed by atoms with Crippen LogP contribution in [-0.4, -0.2) is 0 Å². The molecule has 2 heteroatoms. The first kappa shape index (κ1) is 42.2. The molecule has 2 aromatic carbocycles. The highest BCUT2D eigenvalue weighted by Gasteiger charge is 2.22. The third-order valence-corrected chi connectivity index (χ3v) is 11.7. The minimum Gasteiger partial charge on any atom is -0.205 e. The standard InChI is InChI=1S/C49H78BrF/c1-5-9-13-16-19-22-25-29-33-44-45(34-30-26-23-20-17-14-10-6-2)48(50)47(35-31-27-24-21-18-15-11-7-3)49(51)46(44)41-40-43-38-36-42(37-39-43)32-28-12-8-4/h36-39H,5-35H2,1-4H3/i38D,39D. The summed E-state index contributed by atoms with van der Waals surface area (Å²) >= 11 is 4.00. The average Bonchev–Trinajstić information content (AvgIpc) is 3.14. The summed E-state index contributed by atoms with van der Waals surface area (Å²) in [6, 6.07) is 4.32. The van der Waals surface area contributed by atoms with Crippen LogP contribution in [0.3, 0.4) is 0 Å². The van der Waals surface area contributed by atoms with Gasteiger partial charge >= 0.3 is 0 Å². The second kappa shape index (κ2) is 30.8. The lowest BCUT2D eigenvalue weighted by molar-refractivity contribution is 0.556. The van der Waals surface area contributed by atoms with E-state index in [4.69, 9.17) is 2.74 Å². The number of halogens is 2. The van der Waals surface area contributed by atoms with E-state index in [1.165, 1.54) is 128 Å². The molecule has 0 saturated heterocycles. The lowest BCUT2D eigenvalue weighted by Crippen LogP contribution is -2.09. The third kappa shape index (κ3) is 19.9. The fourth-order valence-corrected chi connectivity index (χ4v) is 8.18. The van der Waals surface area contributed by atoms with E-state index in [0.29, 0.717) is 11.1 Å². The average molecular weight is 768 g/mol. The number of rotatable bonds is 31. The van der Waals surface area contributed by atoms with Crippen molar-refractivity contribution in [1.82, 2.24) is 0 Å². The van der Waals surface area contributed by atoms with Gasteiger partial charge in [0.2, 0.25) is 0 Å². The van der Waals surface area contributed by atoms with Gasteiger partial charge in [-0.25, -0.2) is 4.39 Å². The first-order valence-corrected chi connectivity index (χ1v) is 22.8. The topological polar surface area (TPSA) is 0 Å². The van der Waals surface area contributed by atoms with Crippen LogP contribution in [0.25, 0.3) is 0 Å². The first-order valence-electron chi connectivity index (χ1n) is 23.0. The molecule has 0 aliphatic carbocycles. The number of hydrogen-bond donors (Lipinski definition) is 0. The second-order valence-corrected chi connectivity index (χ2v) is 16.1. The third-order valence-electron chi connectivity index (χ3n) is 10.7. The van der Waals surface area contributed by atoms with Crippen molar-refractivity contribution in [2.45, 2.75) is 227 Å². The van der Waals surface area contributed by atoms with Crippen molar-refractivity contribution in [3.8, 4) is 11.8 Å². The van der Waals surface area contributed by atoms with E-state index in [1.807, 2.05) is 12.1 Å². The maximum absolute atomic E-state index is 16.9. The van der Waals surface area contributed by atoms with Crippen LogP contribution in [-0.2, 0) is 25.7 Å². The van der Waals surface area contributed by atoms with E-state index >= 15 is 4.39 Å². The molecule has 0 saturated carbocycles. The van der Waals surface area contributed by atoms with E-state index in [-0.39, 0.29) is 17.9 Å². The molecule has 0 radical (unpaired) electrons. The maximum atomic E-state index is 16.9. The summed E-state index contributed by atoms with van der Waals surface area (Å²) in [5.41, 5.74) is 5.11. The van der Waals surface area contributed by atoms with Gasteiger partial charge in [-0.15, -0.1) is 0 Å². The Hall–Kier alpha value is -1.59. The molecule has 0 aliphatic heterocycles. The van der Waals surface area contributed by atoms with Crippen molar-refractivity contribution in [3.63, 3.8) is 0 Å². The molecule has 0 amide bonds. The van der Waals surface area contributed by atoms with E-state index in [1.54, 1.807) is 0 Å². The predicted molar refractivity (Wildman–Crippen MR) is 229 cm³/mol. The quantitative estimate of drug-likeness (QED) is 0.0529. The Kier molecular flexibility index (Phi) is 25.5. The normalized spacial score (nSPS) is 11.8. The van der Waals surface area contributed by atoms with Crippen LogP contribution < -0.4 is 0 Å². The molecule has 0 fully saturated rings. The van der Waals surface area contributed by atoms with Crippen LogP contribution in [0, 0.1) is 17.7 Å². The number of unbranched alkanes of at least 4 members (excludes halogenated alkanes) is 23. The van der Waals surface area contributed by atoms with Crippen molar-refractivity contribution < 1.29 is 7.13 Å². The fraction of sp³-hybridized carbons (Fsp3) is 0.714. The van der Waals surface area contributed by atoms with Crippen LogP contribution in [0.2, 0.25) is 0 Å². The van der Waals surface area contributed by atoms with Crippen molar-refractivity contribution in [2.75, 3.05) is 0 Å². The van der Waals surface area contributed by atoms with Crippen LogP contribution >= 0.6 is 15.9 Å². The first-order chi connectivity index (χ1) is 25.9. The summed E-state index contributed by atoms with van der Waals surface area (Å²) in [7, 11) is 0. The molecule has 2 rings (SSSR count). The smallest absolute Gasteiger partial charge is 0.143 e. The van der Waals surface area contributed by atoms with E-state index in [9.17, 15) is 0 Å². The molecular formula is C49H78BrF. The van der Waals surface area contributed by atoms with Crippen molar-refractivity contribution >= 4 is 15.9 Å². The Bertz CT molecular complexity index is 1300. The molecule has 0 nitrogen and oxygen atoms in total. The maximum Gasteiger partial charge on any atom is 0.143 e. The molecule has 0 aliphatic rings. The number of benzene rings is 2. The molecule has 0 spiro atoms. The molecule has 51 heavy (non-hydrogen) atoms. The van der Waals surface area contributed by atoms with Crippen LogP contribution in [0.15, 0.2) is 28.7 Å². The monoisotopic (exact) mass is 767 g/mol. The van der Waals surface area contributed by atoms with Gasteiger partial charge < -0.3 is 0 Å². The molecule has 288 valence electrons. The Morgan fingerprint density at radius 2 is 0.824 bits per heavy atom. The zero-order chi connectivity index (χ0) is 38.5. The van der Waals surface area contributed by atoms with Crippen LogP contribution in [0.4, 0.5) is 4.39 Å². The van der Waals surface area contributed by atoms with Crippen LogP contribution in [0.5, 0.6) is 0 Å². The zero-order valence-corrected chi connectivity index (χ0v) is 35.4. The lowest BCUT2D eigenvalue weighted by Gasteiger charge is -2.20. The Labute approximate surface area is 328 Å². The molecule has 0 heterocycles.